The van der Waals surface area contributed by atoms with Gasteiger partial charge >= 0.3 is 0 Å². The summed E-state index contributed by atoms with van der Waals surface area (Å²) in [5, 5.41) is 11.7. The topological polar surface area (TPSA) is 94.7 Å². The van der Waals surface area contributed by atoms with Gasteiger partial charge in [-0.1, -0.05) is 43.3 Å². The van der Waals surface area contributed by atoms with Crippen LogP contribution in [0.4, 0.5) is 0 Å². The van der Waals surface area contributed by atoms with Crippen LogP contribution in [0.25, 0.3) is 21.9 Å². The number of benzene rings is 2. The molecule has 8 heteroatoms. The number of hydrogen-bond acceptors (Lipinski definition) is 5. The average molecular weight is 433 g/mol. The second kappa shape index (κ2) is 8.90. The highest BCUT2D eigenvalue weighted by atomic mass is 16.2. The summed E-state index contributed by atoms with van der Waals surface area (Å²) in [6.07, 6.45) is 0.123. The first kappa shape index (κ1) is 21.7. The number of imidazole rings is 1. The molecule has 8 nitrogen and oxygen atoms in total. The molecule has 32 heavy (non-hydrogen) atoms. The zero-order valence-corrected chi connectivity index (χ0v) is 18.8. The lowest BCUT2D eigenvalue weighted by Gasteiger charge is -2.25. The van der Waals surface area contributed by atoms with Gasteiger partial charge in [-0.3, -0.25) is 9.59 Å². The molecule has 1 atom stereocenters. The van der Waals surface area contributed by atoms with Crippen molar-refractivity contribution in [3.8, 4) is 0 Å². The van der Waals surface area contributed by atoms with Crippen molar-refractivity contribution in [2.75, 3.05) is 0 Å². The first-order chi connectivity index (χ1) is 15.4. The van der Waals surface area contributed by atoms with Crippen LogP contribution in [0.15, 0.2) is 53.3 Å². The van der Waals surface area contributed by atoms with Gasteiger partial charge in [-0.15, -0.1) is 5.10 Å². The van der Waals surface area contributed by atoms with Crippen LogP contribution in [0.1, 0.15) is 52.0 Å². The lowest BCUT2D eigenvalue weighted by molar-refractivity contribution is -0.122. The second-order valence-corrected chi connectivity index (χ2v) is 8.60. The van der Waals surface area contributed by atoms with E-state index in [0.29, 0.717) is 10.9 Å². The Balaban J connectivity index is 1.55. The third kappa shape index (κ3) is 4.12. The van der Waals surface area contributed by atoms with E-state index in [4.69, 9.17) is 4.98 Å². The van der Waals surface area contributed by atoms with Crippen molar-refractivity contribution in [2.24, 2.45) is 5.92 Å². The third-order valence-corrected chi connectivity index (χ3v) is 5.58. The molecule has 4 aromatic rings. The van der Waals surface area contributed by atoms with Gasteiger partial charge in [-0.2, -0.15) is 0 Å². The van der Waals surface area contributed by atoms with Crippen molar-refractivity contribution in [3.63, 3.8) is 0 Å². The number of fused-ring (bicyclic) bond motifs is 2. The van der Waals surface area contributed by atoms with E-state index in [0.717, 1.165) is 16.9 Å². The first-order valence-corrected chi connectivity index (χ1v) is 11.0. The van der Waals surface area contributed by atoms with Gasteiger partial charge < -0.3 is 9.88 Å². The maximum atomic E-state index is 12.9. The number of nitrogens with one attached hydrogen (secondary N) is 1. The molecular formula is C24H28N6O2. The molecule has 0 spiro atoms. The lowest BCUT2D eigenvalue weighted by atomic mass is 10.0. The number of carbonyl (C=O) groups excluding carboxylic acids is 1. The van der Waals surface area contributed by atoms with Gasteiger partial charge in [0.2, 0.25) is 5.91 Å². The summed E-state index contributed by atoms with van der Waals surface area (Å²) in [6.45, 7) is 8.51. The molecule has 166 valence electrons. The number of hydrogen-bond donors (Lipinski definition) is 1. The van der Waals surface area contributed by atoms with Crippen LogP contribution in [0.3, 0.4) is 0 Å². The van der Waals surface area contributed by atoms with Gasteiger partial charge in [0.1, 0.15) is 11.3 Å². The minimum Gasteiger partial charge on any atom is -0.346 e. The summed E-state index contributed by atoms with van der Waals surface area (Å²) < 4.78 is 3.43. The first-order valence-electron chi connectivity index (χ1n) is 11.0. The fourth-order valence-electron chi connectivity index (χ4n) is 3.98. The average Bonchev–Trinajstić information content (AvgIpc) is 3.16. The summed E-state index contributed by atoms with van der Waals surface area (Å²) in [5.41, 5.74) is 2.26. The zero-order valence-electron chi connectivity index (χ0n) is 18.8. The number of aromatic nitrogens is 5. The number of amides is 1. The van der Waals surface area contributed by atoms with Crippen LogP contribution in [0.5, 0.6) is 0 Å². The molecule has 1 unspecified atom stereocenters. The lowest BCUT2D eigenvalue weighted by Crippen LogP contribution is -2.35. The quantitative estimate of drug-likeness (QED) is 0.481. The normalized spacial score (nSPS) is 12.7. The standard InChI is InChI=1S/C24H28N6O2/c1-15(2)22(23-25-19-11-7-8-12-20(19)30(23)16(3)4)26-21(31)13-14-29-24(32)17-9-5-6-10-18(17)27-28-29/h5-12,15-16,22H,13-14H2,1-4H3,(H,26,31). The van der Waals surface area contributed by atoms with Crippen molar-refractivity contribution >= 4 is 27.8 Å². The van der Waals surface area contributed by atoms with Crippen molar-refractivity contribution in [3.05, 3.63) is 64.7 Å². The minimum absolute atomic E-state index is 0.123. The predicted octanol–water partition coefficient (Wildman–Crippen LogP) is 3.63. The molecule has 0 fully saturated rings. The monoisotopic (exact) mass is 432 g/mol. The molecule has 1 N–H and O–H groups in total. The van der Waals surface area contributed by atoms with E-state index in [9.17, 15) is 9.59 Å². The molecule has 0 bridgehead atoms. The summed E-state index contributed by atoms with van der Waals surface area (Å²) in [7, 11) is 0. The fraction of sp³-hybridized carbons (Fsp3) is 0.375. The van der Waals surface area contributed by atoms with Crippen LogP contribution in [-0.4, -0.2) is 30.5 Å². The molecule has 2 heterocycles. The van der Waals surface area contributed by atoms with Crippen LogP contribution in [-0.2, 0) is 11.3 Å². The Morgan fingerprint density at radius 2 is 1.69 bits per heavy atom. The number of aryl methyl sites for hydroxylation is 1. The summed E-state index contributed by atoms with van der Waals surface area (Å²) >= 11 is 0. The highest BCUT2D eigenvalue weighted by Crippen LogP contribution is 2.28. The predicted molar refractivity (Wildman–Crippen MR) is 124 cm³/mol. The molecule has 0 aliphatic heterocycles. The zero-order chi connectivity index (χ0) is 22.8. The molecule has 2 aromatic carbocycles. The van der Waals surface area contributed by atoms with Crippen LogP contribution < -0.4 is 10.9 Å². The summed E-state index contributed by atoms with van der Waals surface area (Å²) in [6, 6.07) is 15.0. The Morgan fingerprint density at radius 3 is 2.41 bits per heavy atom. The Morgan fingerprint density at radius 1 is 1.00 bits per heavy atom. The van der Waals surface area contributed by atoms with E-state index >= 15 is 0 Å². The van der Waals surface area contributed by atoms with Crippen LogP contribution in [0, 0.1) is 5.92 Å². The van der Waals surface area contributed by atoms with E-state index < -0.39 is 0 Å². The Bertz CT molecular complexity index is 1320. The SMILES string of the molecule is CC(C)C(NC(=O)CCn1nnc2ccccc2c1=O)c1nc2ccccc2n1C(C)C. The molecular weight excluding hydrogens is 404 g/mol. The number of carbonyl (C=O) groups is 1. The molecule has 2 aromatic heterocycles. The molecule has 0 aliphatic carbocycles. The third-order valence-electron chi connectivity index (χ3n) is 5.58. The highest BCUT2D eigenvalue weighted by Gasteiger charge is 2.26. The molecule has 0 saturated carbocycles. The number of rotatable bonds is 7. The number of nitrogens with zero attached hydrogens (tertiary/aromatic N) is 5. The van der Waals surface area contributed by atoms with E-state index in [1.165, 1.54) is 4.68 Å². The van der Waals surface area contributed by atoms with Gasteiger partial charge in [0.25, 0.3) is 5.56 Å². The summed E-state index contributed by atoms with van der Waals surface area (Å²) in [4.78, 5) is 30.3. The summed E-state index contributed by atoms with van der Waals surface area (Å²) in [5.74, 6) is 0.816. The fourth-order valence-corrected chi connectivity index (χ4v) is 3.98. The molecule has 0 radical (unpaired) electrons. The maximum Gasteiger partial charge on any atom is 0.277 e. The highest BCUT2D eigenvalue weighted by molar-refractivity contribution is 5.78. The van der Waals surface area contributed by atoms with Crippen molar-refractivity contribution in [1.82, 2.24) is 29.9 Å². The van der Waals surface area contributed by atoms with Crippen LogP contribution in [0.2, 0.25) is 0 Å². The molecule has 0 aliphatic rings. The van der Waals surface area contributed by atoms with Gasteiger partial charge in [0, 0.05) is 12.5 Å². The van der Waals surface area contributed by atoms with Crippen LogP contribution >= 0.6 is 0 Å². The molecule has 1 amide bonds. The number of para-hydroxylation sites is 2. The smallest absolute Gasteiger partial charge is 0.277 e. The Hall–Kier alpha value is -3.55. The molecule has 0 saturated heterocycles. The minimum atomic E-state index is -0.253. The van der Waals surface area contributed by atoms with Crippen molar-refractivity contribution in [2.45, 2.75) is 52.7 Å². The van der Waals surface area contributed by atoms with Gasteiger partial charge in [0.15, 0.2) is 0 Å². The van der Waals surface area contributed by atoms with Gasteiger partial charge in [0.05, 0.1) is 29.0 Å². The maximum absolute atomic E-state index is 12.9. The van der Waals surface area contributed by atoms with Crippen molar-refractivity contribution < 1.29 is 4.79 Å². The van der Waals surface area contributed by atoms with E-state index in [-0.39, 0.29) is 42.4 Å². The second-order valence-electron chi connectivity index (χ2n) is 8.60. The molecule has 4 rings (SSSR count). The largest absolute Gasteiger partial charge is 0.346 e. The van der Waals surface area contributed by atoms with Gasteiger partial charge in [-0.25, -0.2) is 9.67 Å². The van der Waals surface area contributed by atoms with Gasteiger partial charge in [-0.05, 0) is 44.0 Å². The van der Waals surface area contributed by atoms with E-state index in [1.54, 1.807) is 18.2 Å². The Kier molecular flexibility index (Phi) is 6.03. The van der Waals surface area contributed by atoms with E-state index in [2.05, 4.69) is 54.0 Å². The van der Waals surface area contributed by atoms with Crippen molar-refractivity contribution in [1.29, 1.82) is 0 Å². The van der Waals surface area contributed by atoms with E-state index in [1.807, 2.05) is 24.3 Å². The Labute approximate surface area is 186 Å².